The Balaban J connectivity index is 2.13. The van der Waals surface area contributed by atoms with Crippen molar-refractivity contribution in [3.8, 4) is 11.8 Å². The highest BCUT2D eigenvalue weighted by Gasteiger charge is 2.06. The zero-order valence-electron chi connectivity index (χ0n) is 11.8. The first kappa shape index (κ1) is 14.6. The number of aryl methyl sites for hydroxylation is 1. The second kappa shape index (κ2) is 7.13. The molecule has 4 N–H and O–H groups in total. The first-order valence-corrected chi connectivity index (χ1v) is 6.61. The number of nitrogens with one attached hydrogen (secondary N) is 2. The molecule has 0 aliphatic carbocycles. The van der Waals surface area contributed by atoms with Crippen LogP contribution >= 0.6 is 0 Å². The van der Waals surface area contributed by atoms with Crippen molar-refractivity contribution in [2.75, 3.05) is 17.2 Å². The molecule has 2 amide bonds. The van der Waals surface area contributed by atoms with E-state index in [1.54, 1.807) is 0 Å². The predicted molar refractivity (Wildman–Crippen MR) is 86.2 cm³/mol. The molecule has 106 valence electrons. The highest BCUT2D eigenvalue weighted by Crippen LogP contribution is 2.17. The molecular formula is C17H17N3O. The highest BCUT2D eigenvalue weighted by molar-refractivity contribution is 6.00. The summed E-state index contributed by atoms with van der Waals surface area (Å²) in [4.78, 5) is 12.0. The Hall–Kier alpha value is -2.77. The zero-order chi connectivity index (χ0) is 15.1. The molecule has 2 aromatic carbocycles. The molecule has 0 radical (unpaired) electrons. The normalized spacial score (nSPS) is 9.43. The van der Waals surface area contributed by atoms with E-state index >= 15 is 0 Å². The summed E-state index contributed by atoms with van der Waals surface area (Å²) in [6.07, 6.45) is 0. The van der Waals surface area contributed by atoms with Crippen LogP contribution in [0.2, 0.25) is 0 Å². The summed E-state index contributed by atoms with van der Waals surface area (Å²) >= 11 is 0. The van der Waals surface area contributed by atoms with Gasteiger partial charge in [-0.2, -0.15) is 0 Å². The minimum atomic E-state index is -0.305. The van der Waals surface area contributed by atoms with Crippen molar-refractivity contribution in [1.29, 1.82) is 0 Å². The summed E-state index contributed by atoms with van der Waals surface area (Å²) in [7, 11) is 0. The average Bonchev–Trinajstić information content (AvgIpc) is 2.48. The predicted octanol–water partition coefficient (Wildman–Crippen LogP) is 2.95. The van der Waals surface area contributed by atoms with Crippen molar-refractivity contribution in [2.45, 2.75) is 6.92 Å². The van der Waals surface area contributed by atoms with Crippen molar-refractivity contribution >= 4 is 17.4 Å². The maximum atomic E-state index is 12.0. The quantitative estimate of drug-likeness (QED) is 0.740. The lowest BCUT2D eigenvalue weighted by atomic mass is 10.1. The second-order valence-corrected chi connectivity index (χ2v) is 4.50. The number of nitrogens with two attached hydrogens (primary N) is 1. The Labute approximate surface area is 124 Å². The van der Waals surface area contributed by atoms with E-state index in [4.69, 9.17) is 5.73 Å². The molecule has 0 saturated carbocycles. The number of benzene rings is 2. The molecule has 0 aliphatic rings. The molecule has 21 heavy (non-hydrogen) atoms. The summed E-state index contributed by atoms with van der Waals surface area (Å²) in [5, 5.41) is 5.57. The van der Waals surface area contributed by atoms with Crippen LogP contribution < -0.4 is 16.4 Å². The number of urea groups is 1. The molecule has 0 aromatic heterocycles. The smallest absolute Gasteiger partial charge is 0.320 e. The maximum Gasteiger partial charge on any atom is 0.323 e. The minimum absolute atomic E-state index is 0.281. The molecule has 2 rings (SSSR count). The summed E-state index contributed by atoms with van der Waals surface area (Å²) in [5.74, 6) is 5.77. The van der Waals surface area contributed by atoms with E-state index in [1.165, 1.54) is 0 Å². The average molecular weight is 279 g/mol. The van der Waals surface area contributed by atoms with Crippen LogP contribution in [0.15, 0.2) is 48.5 Å². The van der Waals surface area contributed by atoms with E-state index < -0.39 is 0 Å². The van der Waals surface area contributed by atoms with Gasteiger partial charge in [0.2, 0.25) is 0 Å². The SMILES string of the molecule is Cc1ccc(NC(=O)Nc2ccccc2)c(C#CCN)c1. The molecule has 0 atom stereocenters. The van der Waals surface area contributed by atoms with Crippen LogP contribution in [0.1, 0.15) is 11.1 Å². The van der Waals surface area contributed by atoms with Gasteiger partial charge in [-0.25, -0.2) is 4.79 Å². The van der Waals surface area contributed by atoms with Gasteiger partial charge >= 0.3 is 6.03 Å². The van der Waals surface area contributed by atoms with Crippen molar-refractivity contribution < 1.29 is 4.79 Å². The number of carbonyl (C=O) groups excluding carboxylic acids is 1. The van der Waals surface area contributed by atoms with Crippen LogP contribution in [0.4, 0.5) is 16.2 Å². The Morgan fingerprint density at radius 3 is 2.62 bits per heavy atom. The van der Waals surface area contributed by atoms with Gasteiger partial charge in [-0.1, -0.05) is 36.1 Å². The molecular weight excluding hydrogens is 262 g/mol. The third-order valence-corrected chi connectivity index (χ3v) is 2.78. The molecule has 0 bridgehead atoms. The van der Waals surface area contributed by atoms with Crippen LogP contribution in [0.3, 0.4) is 0 Å². The van der Waals surface area contributed by atoms with Gasteiger partial charge in [0.05, 0.1) is 12.2 Å². The van der Waals surface area contributed by atoms with Gasteiger partial charge in [0.1, 0.15) is 0 Å². The van der Waals surface area contributed by atoms with Gasteiger partial charge in [0.15, 0.2) is 0 Å². The standard InChI is InChI=1S/C17H17N3O/c1-13-9-10-16(14(12-13)6-5-11-18)20-17(21)19-15-7-3-2-4-8-15/h2-4,7-10,12H,11,18H2,1H3,(H2,19,20,21). The third kappa shape index (κ3) is 4.37. The Bertz CT molecular complexity index is 684. The van der Waals surface area contributed by atoms with E-state index in [2.05, 4.69) is 22.5 Å². The first-order chi connectivity index (χ1) is 10.2. The van der Waals surface area contributed by atoms with Crippen LogP contribution in [-0.2, 0) is 0 Å². The van der Waals surface area contributed by atoms with Gasteiger partial charge in [0, 0.05) is 11.3 Å². The molecule has 2 aromatic rings. The Morgan fingerprint density at radius 2 is 1.90 bits per heavy atom. The van der Waals surface area contributed by atoms with E-state index in [0.717, 1.165) is 16.8 Å². The number of anilines is 2. The summed E-state index contributed by atoms with van der Waals surface area (Å²) < 4.78 is 0. The van der Waals surface area contributed by atoms with Crippen LogP contribution in [0, 0.1) is 18.8 Å². The monoisotopic (exact) mass is 279 g/mol. The number of rotatable bonds is 2. The number of amides is 2. The number of carbonyl (C=O) groups is 1. The highest BCUT2D eigenvalue weighted by atomic mass is 16.2. The van der Waals surface area contributed by atoms with Crippen molar-refractivity contribution in [1.82, 2.24) is 0 Å². The second-order valence-electron chi connectivity index (χ2n) is 4.50. The molecule has 4 nitrogen and oxygen atoms in total. The molecule has 0 saturated heterocycles. The number of hydrogen-bond donors (Lipinski definition) is 3. The van der Waals surface area contributed by atoms with Crippen LogP contribution in [0.5, 0.6) is 0 Å². The lowest BCUT2D eigenvalue weighted by molar-refractivity contribution is 0.262. The van der Waals surface area contributed by atoms with Crippen LogP contribution in [0.25, 0.3) is 0 Å². The molecule has 0 heterocycles. The van der Waals surface area contributed by atoms with Gasteiger partial charge in [-0.3, -0.25) is 0 Å². The molecule has 0 unspecified atom stereocenters. The lowest BCUT2D eigenvalue weighted by Crippen LogP contribution is -2.20. The molecule has 4 heteroatoms. The maximum absolute atomic E-state index is 12.0. The number of hydrogen-bond acceptors (Lipinski definition) is 2. The van der Waals surface area contributed by atoms with Crippen molar-refractivity contribution in [3.05, 3.63) is 59.7 Å². The minimum Gasteiger partial charge on any atom is -0.320 e. The van der Waals surface area contributed by atoms with E-state index in [0.29, 0.717) is 5.69 Å². The van der Waals surface area contributed by atoms with Crippen molar-refractivity contribution in [2.24, 2.45) is 5.73 Å². The van der Waals surface area contributed by atoms with Gasteiger partial charge in [0.25, 0.3) is 0 Å². The van der Waals surface area contributed by atoms with Gasteiger partial charge < -0.3 is 16.4 Å². The Kier molecular flexibility index (Phi) is 4.97. The van der Waals surface area contributed by atoms with Gasteiger partial charge in [-0.05, 0) is 36.8 Å². The largest absolute Gasteiger partial charge is 0.323 e. The molecule has 0 spiro atoms. The topological polar surface area (TPSA) is 67.2 Å². The van der Waals surface area contributed by atoms with E-state index in [9.17, 15) is 4.79 Å². The zero-order valence-corrected chi connectivity index (χ0v) is 11.8. The first-order valence-electron chi connectivity index (χ1n) is 6.61. The van der Waals surface area contributed by atoms with E-state index in [1.807, 2.05) is 55.5 Å². The fraction of sp³-hybridized carbons (Fsp3) is 0.118. The summed E-state index contributed by atoms with van der Waals surface area (Å²) in [5.41, 5.74) is 8.62. The number of para-hydroxylation sites is 1. The Morgan fingerprint density at radius 1 is 1.14 bits per heavy atom. The van der Waals surface area contributed by atoms with E-state index in [-0.39, 0.29) is 12.6 Å². The summed E-state index contributed by atoms with van der Waals surface area (Å²) in [6.45, 7) is 2.25. The molecule has 0 aliphatic heterocycles. The third-order valence-electron chi connectivity index (χ3n) is 2.78. The van der Waals surface area contributed by atoms with Gasteiger partial charge in [-0.15, -0.1) is 0 Å². The molecule has 0 fully saturated rings. The summed E-state index contributed by atoms with van der Waals surface area (Å²) in [6, 6.07) is 14.6. The fourth-order valence-electron chi connectivity index (χ4n) is 1.82. The van der Waals surface area contributed by atoms with Crippen LogP contribution in [-0.4, -0.2) is 12.6 Å². The fourth-order valence-corrected chi connectivity index (χ4v) is 1.82. The van der Waals surface area contributed by atoms with Crippen molar-refractivity contribution in [3.63, 3.8) is 0 Å². The lowest BCUT2D eigenvalue weighted by Gasteiger charge is -2.10.